The molecule has 0 amide bonds. The van der Waals surface area contributed by atoms with Crippen LogP contribution in [-0.4, -0.2) is 62.0 Å². The van der Waals surface area contributed by atoms with Crippen molar-refractivity contribution in [3.63, 3.8) is 0 Å². The lowest BCUT2D eigenvalue weighted by Crippen LogP contribution is -2.39. The van der Waals surface area contributed by atoms with Crippen molar-refractivity contribution < 1.29 is 17.9 Å². The van der Waals surface area contributed by atoms with E-state index in [1.807, 2.05) is 6.92 Å². The summed E-state index contributed by atoms with van der Waals surface area (Å²) >= 11 is 0. The fourth-order valence-electron chi connectivity index (χ4n) is 2.55. The third kappa shape index (κ3) is 2.73. The summed E-state index contributed by atoms with van der Waals surface area (Å²) in [5.74, 6) is 0. The van der Waals surface area contributed by atoms with Crippen molar-refractivity contribution in [3.05, 3.63) is 12.3 Å². The van der Waals surface area contributed by atoms with Gasteiger partial charge in [-0.2, -0.15) is 9.40 Å². The van der Waals surface area contributed by atoms with E-state index in [1.165, 1.54) is 21.3 Å². The summed E-state index contributed by atoms with van der Waals surface area (Å²) in [5.41, 5.74) is 0. The first kappa shape index (κ1) is 15.4. The molecule has 2 rings (SSSR count). The van der Waals surface area contributed by atoms with Crippen LogP contribution in [0.5, 0.6) is 0 Å². The minimum absolute atomic E-state index is 0.0945. The normalized spacial score (nSPS) is 24.4. The Bertz CT molecular complexity index is 543. The Morgan fingerprint density at radius 2 is 2.20 bits per heavy atom. The van der Waals surface area contributed by atoms with E-state index in [0.717, 1.165) is 0 Å². The Morgan fingerprint density at radius 3 is 2.80 bits per heavy atom. The molecule has 8 heteroatoms. The van der Waals surface area contributed by atoms with E-state index in [-0.39, 0.29) is 17.2 Å². The van der Waals surface area contributed by atoms with Gasteiger partial charge in [0.2, 0.25) is 0 Å². The van der Waals surface area contributed by atoms with Crippen LogP contribution < -0.4 is 0 Å². The van der Waals surface area contributed by atoms with Crippen LogP contribution >= 0.6 is 0 Å². The monoisotopic (exact) mass is 303 g/mol. The van der Waals surface area contributed by atoms with Crippen molar-refractivity contribution in [1.29, 1.82) is 0 Å². The topological polar surface area (TPSA) is 73.7 Å². The second-order valence-electron chi connectivity index (χ2n) is 4.76. The number of ether oxygens (including phenoxy) is 2. The SMILES string of the molecule is CCn1nccc1S(=O)(=O)N1C[C@@H](OC)C[C@H]1COC. The highest BCUT2D eigenvalue weighted by atomic mass is 32.2. The average molecular weight is 303 g/mol. The summed E-state index contributed by atoms with van der Waals surface area (Å²) in [6.07, 6.45) is 2.05. The lowest BCUT2D eigenvalue weighted by molar-refractivity contribution is 0.110. The fourth-order valence-corrected chi connectivity index (χ4v) is 4.37. The van der Waals surface area contributed by atoms with Crippen molar-refractivity contribution in [2.75, 3.05) is 27.4 Å². The highest BCUT2D eigenvalue weighted by Gasteiger charge is 2.41. The molecule has 1 saturated heterocycles. The molecule has 1 fully saturated rings. The summed E-state index contributed by atoms with van der Waals surface area (Å²) < 4.78 is 38.9. The van der Waals surface area contributed by atoms with Gasteiger partial charge in [0.25, 0.3) is 10.0 Å². The van der Waals surface area contributed by atoms with E-state index in [9.17, 15) is 8.42 Å². The summed E-state index contributed by atoms with van der Waals surface area (Å²) in [6.45, 7) is 3.08. The average Bonchev–Trinajstić information content (AvgIpc) is 3.05. The van der Waals surface area contributed by atoms with Gasteiger partial charge in [0.1, 0.15) is 0 Å². The number of methoxy groups -OCH3 is 2. The molecule has 2 atom stereocenters. The second-order valence-corrected chi connectivity index (χ2v) is 6.60. The molecule has 0 unspecified atom stereocenters. The molecule has 0 saturated carbocycles. The van der Waals surface area contributed by atoms with E-state index < -0.39 is 10.0 Å². The van der Waals surface area contributed by atoms with E-state index >= 15 is 0 Å². The Balaban J connectivity index is 2.32. The molecular weight excluding hydrogens is 282 g/mol. The molecule has 0 aliphatic carbocycles. The van der Waals surface area contributed by atoms with Crippen LogP contribution in [0, 0.1) is 0 Å². The summed E-state index contributed by atoms with van der Waals surface area (Å²) in [4.78, 5) is 0. The highest BCUT2D eigenvalue weighted by Crippen LogP contribution is 2.27. The van der Waals surface area contributed by atoms with Gasteiger partial charge >= 0.3 is 0 Å². The molecule has 0 aromatic carbocycles. The smallest absolute Gasteiger partial charge is 0.260 e. The molecule has 1 aliphatic rings. The van der Waals surface area contributed by atoms with Gasteiger partial charge in [-0.3, -0.25) is 4.68 Å². The minimum Gasteiger partial charge on any atom is -0.383 e. The lowest BCUT2D eigenvalue weighted by Gasteiger charge is -2.23. The number of nitrogens with zero attached hydrogens (tertiary/aromatic N) is 3. The predicted molar refractivity (Wildman–Crippen MR) is 72.9 cm³/mol. The second kappa shape index (κ2) is 6.21. The van der Waals surface area contributed by atoms with Gasteiger partial charge in [0.05, 0.1) is 24.9 Å². The number of aryl methyl sites for hydroxylation is 1. The largest absolute Gasteiger partial charge is 0.383 e. The standard InChI is InChI=1S/C12H21N3O4S/c1-4-14-12(5-6-13-14)20(16,17)15-8-11(19-3)7-10(15)9-18-2/h5-6,10-11H,4,7-9H2,1-3H3/t10-,11-/m0/s1. The van der Waals surface area contributed by atoms with Crippen molar-refractivity contribution >= 4 is 10.0 Å². The molecule has 1 aromatic heterocycles. The number of hydrogen-bond donors (Lipinski definition) is 0. The Kier molecular flexibility index (Phi) is 4.79. The van der Waals surface area contributed by atoms with Gasteiger partial charge < -0.3 is 9.47 Å². The van der Waals surface area contributed by atoms with Crippen molar-refractivity contribution in [2.45, 2.75) is 37.1 Å². The fraction of sp³-hybridized carbons (Fsp3) is 0.750. The lowest BCUT2D eigenvalue weighted by atomic mass is 10.2. The van der Waals surface area contributed by atoms with Crippen LogP contribution in [0.2, 0.25) is 0 Å². The van der Waals surface area contributed by atoms with Gasteiger partial charge in [-0.1, -0.05) is 0 Å². The van der Waals surface area contributed by atoms with E-state index in [1.54, 1.807) is 14.2 Å². The first-order valence-electron chi connectivity index (χ1n) is 6.60. The van der Waals surface area contributed by atoms with Crippen LogP contribution in [0.25, 0.3) is 0 Å². The molecule has 7 nitrogen and oxygen atoms in total. The molecule has 1 aliphatic heterocycles. The maximum atomic E-state index is 12.8. The van der Waals surface area contributed by atoms with Crippen LogP contribution in [0.4, 0.5) is 0 Å². The summed E-state index contributed by atoms with van der Waals surface area (Å²) in [5, 5.41) is 4.25. The summed E-state index contributed by atoms with van der Waals surface area (Å²) in [6, 6.07) is 1.33. The predicted octanol–water partition coefficient (Wildman–Crippen LogP) is 0.327. The van der Waals surface area contributed by atoms with E-state index in [2.05, 4.69) is 5.10 Å². The molecule has 0 N–H and O–H groups in total. The zero-order chi connectivity index (χ0) is 14.8. The maximum Gasteiger partial charge on any atom is 0.260 e. The first-order chi connectivity index (χ1) is 9.54. The van der Waals surface area contributed by atoms with Crippen molar-refractivity contribution in [1.82, 2.24) is 14.1 Å². The van der Waals surface area contributed by atoms with E-state index in [4.69, 9.17) is 9.47 Å². The highest BCUT2D eigenvalue weighted by molar-refractivity contribution is 7.89. The van der Waals surface area contributed by atoms with Gasteiger partial charge in [-0.05, 0) is 19.4 Å². The Hall–Kier alpha value is -0.960. The van der Waals surface area contributed by atoms with Crippen LogP contribution in [0.1, 0.15) is 13.3 Å². The summed E-state index contributed by atoms with van der Waals surface area (Å²) in [7, 11) is -0.410. The molecule has 2 heterocycles. The number of sulfonamides is 1. The van der Waals surface area contributed by atoms with Crippen molar-refractivity contribution in [2.24, 2.45) is 0 Å². The molecule has 1 aromatic rings. The zero-order valence-electron chi connectivity index (χ0n) is 12.0. The van der Waals surface area contributed by atoms with Gasteiger partial charge in [-0.25, -0.2) is 8.42 Å². The maximum absolute atomic E-state index is 12.8. The van der Waals surface area contributed by atoms with Gasteiger partial charge in [-0.15, -0.1) is 0 Å². The number of rotatable bonds is 6. The number of hydrogen-bond acceptors (Lipinski definition) is 5. The molecule has 0 spiro atoms. The zero-order valence-corrected chi connectivity index (χ0v) is 12.8. The van der Waals surface area contributed by atoms with Gasteiger partial charge in [0, 0.05) is 27.3 Å². The molecule has 114 valence electrons. The van der Waals surface area contributed by atoms with E-state index in [0.29, 0.717) is 26.1 Å². The van der Waals surface area contributed by atoms with Crippen LogP contribution in [-0.2, 0) is 26.0 Å². The molecule has 0 radical (unpaired) electrons. The molecule has 20 heavy (non-hydrogen) atoms. The Labute approximate surface area is 119 Å². The van der Waals surface area contributed by atoms with Gasteiger partial charge in [0.15, 0.2) is 5.03 Å². The quantitative estimate of drug-likeness (QED) is 0.757. The van der Waals surface area contributed by atoms with Crippen LogP contribution in [0.3, 0.4) is 0 Å². The third-order valence-corrected chi connectivity index (χ3v) is 5.51. The van der Waals surface area contributed by atoms with Crippen molar-refractivity contribution in [3.8, 4) is 0 Å². The van der Waals surface area contributed by atoms with Crippen LogP contribution in [0.15, 0.2) is 17.3 Å². The molecular formula is C12H21N3O4S. The minimum atomic E-state index is -3.58. The Morgan fingerprint density at radius 1 is 1.45 bits per heavy atom. The first-order valence-corrected chi connectivity index (χ1v) is 8.04. The number of aromatic nitrogens is 2. The third-order valence-electron chi connectivity index (χ3n) is 3.57. The molecule has 0 bridgehead atoms.